The Morgan fingerprint density at radius 2 is 1.59 bits per heavy atom. The van der Waals surface area contributed by atoms with Crippen molar-refractivity contribution in [1.29, 1.82) is 0 Å². The summed E-state index contributed by atoms with van der Waals surface area (Å²) < 4.78 is 0. The molecule has 1 saturated heterocycles. The van der Waals surface area contributed by atoms with Crippen LogP contribution in [-0.2, 0) is 22.7 Å². The lowest BCUT2D eigenvalue weighted by atomic mass is 10.1. The lowest BCUT2D eigenvalue weighted by Gasteiger charge is -2.36. The Hall–Kier alpha value is -1.84. The predicted molar refractivity (Wildman–Crippen MR) is 125 cm³/mol. The van der Waals surface area contributed by atoms with Crippen LogP contribution in [0.25, 0.3) is 0 Å². The van der Waals surface area contributed by atoms with Crippen LogP contribution in [-0.4, -0.2) is 71.7 Å². The molecular weight excluding hydrogens is 481 g/mol. The summed E-state index contributed by atoms with van der Waals surface area (Å²) in [5.74, 6) is 1.21. The van der Waals surface area contributed by atoms with Gasteiger partial charge in [0, 0.05) is 65.7 Å². The van der Waals surface area contributed by atoms with Gasteiger partial charge in [-0.2, -0.15) is 0 Å². The summed E-state index contributed by atoms with van der Waals surface area (Å²) in [6, 6.07) is 8.25. The van der Waals surface area contributed by atoms with Crippen molar-refractivity contribution in [1.82, 2.24) is 20.0 Å². The first-order valence-corrected chi connectivity index (χ1v) is 10.2. The van der Waals surface area contributed by atoms with Gasteiger partial charge >= 0.3 is 0 Å². The highest BCUT2D eigenvalue weighted by Gasteiger charge is 2.23. The summed E-state index contributed by atoms with van der Waals surface area (Å²) in [6.45, 7) is 9.58. The molecule has 1 fully saturated rings. The third-order valence-corrected chi connectivity index (χ3v) is 5.36. The van der Waals surface area contributed by atoms with Crippen molar-refractivity contribution in [3.05, 3.63) is 35.4 Å². The number of aliphatic imine (C=N–C) groups is 1. The fourth-order valence-corrected chi connectivity index (χ4v) is 3.74. The Morgan fingerprint density at radius 3 is 2.14 bits per heavy atom. The molecule has 0 unspecified atom stereocenters. The van der Waals surface area contributed by atoms with Crippen LogP contribution in [0.15, 0.2) is 29.3 Å². The highest BCUT2D eigenvalue weighted by Crippen LogP contribution is 2.22. The van der Waals surface area contributed by atoms with Gasteiger partial charge in [-0.25, -0.2) is 0 Å². The SMILES string of the molecule is CCNC(=NCCCC(=O)N1Cc2ccccc2C1)N1CCN(C(C)=O)CC1.I. The molecule has 2 amide bonds. The maximum Gasteiger partial charge on any atom is 0.223 e. The number of benzene rings is 1. The van der Waals surface area contributed by atoms with Crippen LogP contribution >= 0.6 is 24.0 Å². The van der Waals surface area contributed by atoms with Crippen molar-refractivity contribution < 1.29 is 9.59 Å². The molecule has 2 heterocycles. The standard InChI is InChI=1S/C21H31N5O2.HI/c1-3-22-21(25-13-11-24(12-14-25)17(2)27)23-10-6-9-20(28)26-15-18-7-4-5-8-19(18)16-26;/h4-5,7-8H,3,6,9-16H2,1-2H3,(H,22,23);1H. The van der Waals surface area contributed by atoms with Gasteiger partial charge in [0.15, 0.2) is 5.96 Å². The third kappa shape index (κ3) is 6.32. The molecule has 0 aliphatic carbocycles. The minimum absolute atomic E-state index is 0. The van der Waals surface area contributed by atoms with E-state index in [4.69, 9.17) is 4.99 Å². The van der Waals surface area contributed by atoms with Gasteiger partial charge in [-0.15, -0.1) is 24.0 Å². The number of carbonyl (C=O) groups excluding carboxylic acids is 2. The number of hydrogen-bond acceptors (Lipinski definition) is 3. The maximum atomic E-state index is 12.5. The van der Waals surface area contributed by atoms with E-state index in [0.717, 1.165) is 58.2 Å². The summed E-state index contributed by atoms with van der Waals surface area (Å²) in [6.07, 6.45) is 1.27. The number of rotatable bonds is 5. The predicted octanol–water partition coefficient (Wildman–Crippen LogP) is 2.06. The number of fused-ring (bicyclic) bond motifs is 1. The van der Waals surface area contributed by atoms with Crippen LogP contribution in [0.4, 0.5) is 0 Å². The zero-order valence-electron chi connectivity index (χ0n) is 17.4. The van der Waals surface area contributed by atoms with Crippen LogP contribution in [0.1, 0.15) is 37.8 Å². The molecule has 0 radical (unpaired) electrons. The molecule has 29 heavy (non-hydrogen) atoms. The van der Waals surface area contributed by atoms with Gasteiger partial charge < -0.3 is 20.0 Å². The van der Waals surface area contributed by atoms with Crippen molar-refractivity contribution in [3.8, 4) is 0 Å². The van der Waals surface area contributed by atoms with Gasteiger partial charge in [0.05, 0.1) is 0 Å². The monoisotopic (exact) mass is 513 g/mol. The molecule has 1 aromatic rings. The zero-order chi connectivity index (χ0) is 19.9. The molecule has 1 aromatic carbocycles. The van der Waals surface area contributed by atoms with Crippen LogP contribution in [0.2, 0.25) is 0 Å². The number of halogens is 1. The third-order valence-electron chi connectivity index (χ3n) is 5.36. The first-order valence-electron chi connectivity index (χ1n) is 10.2. The van der Waals surface area contributed by atoms with E-state index in [1.54, 1.807) is 6.92 Å². The van der Waals surface area contributed by atoms with Gasteiger partial charge in [-0.1, -0.05) is 24.3 Å². The summed E-state index contributed by atoms with van der Waals surface area (Å²) >= 11 is 0. The average molecular weight is 513 g/mol. The lowest BCUT2D eigenvalue weighted by Crippen LogP contribution is -2.53. The molecule has 0 saturated carbocycles. The fourth-order valence-electron chi connectivity index (χ4n) is 3.74. The molecule has 7 nitrogen and oxygen atoms in total. The molecular formula is C21H32IN5O2. The minimum atomic E-state index is 0. The molecule has 0 atom stereocenters. The van der Waals surface area contributed by atoms with Crippen molar-refractivity contribution in [2.45, 2.75) is 39.8 Å². The van der Waals surface area contributed by atoms with Gasteiger partial charge in [0.1, 0.15) is 0 Å². The van der Waals surface area contributed by atoms with E-state index in [9.17, 15) is 9.59 Å². The minimum Gasteiger partial charge on any atom is -0.357 e. The summed E-state index contributed by atoms with van der Waals surface area (Å²) in [5.41, 5.74) is 2.51. The molecule has 2 aliphatic heterocycles. The van der Waals surface area contributed by atoms with Crippen LogP contribution < -0.4 is 5.32 Å². The second-order valence-electron chi connectivity index (χ2n) is 7.35. The van der Waals surface area contributed by atoms with Crippen LogP contribution in [0, 0.1) is 0 Å². The van der Waals surface area contributed by atoms with E-state index in [-0.39, 0.29) is 35.8 Å². The maximum absolute atomic E-state index is 12.5. The molecule has 8 heteroatoms. The Morgan fingerprint density at radius 1 is 1.00 bits per heavy atom. The van der Waals surface area contributed by atoms with Gasteiger partial charge in [-0.05, 0) is 24.5 Å². The Bertz CT molecular complexity index is 707. The van der Waals surface area contributed by atoms with Gasteiger partial charge in [-0.3, -0.25) is 14.6 Å². The molecule has 0 bridgehead atoms. The van der Waals surface area contributed by atoms with E-state index < -0.39 is 0 Å². The topological polar surface area (TPSA) is 68.2 Å². The Kier molecular flexibility index (Phi) is 9.19. The zero-order valence-corrected chi connectivity index (χ0v) is 19.7. The number of piperazine rings is 1. The molecule has 1 N–H and O–H groups in total. The average Bonchev–Trinajstić information content (AvgIpc) is 3.14. The summed E-state index contributed by atoms with van der Waals surface area (Å²) in [7, 11) is 0. The van der Waals surface area contributed by atoms with Gasteiger partial charge in [0.2, 0.25) is 11.8 Å². The first kappa shape index (κ1) is 23.4. The lowest BCUT2D eigenvalue weighted by molar-refractivity contribution is -0.132. The second kappa shape index (κ2) is 11.4. The number of guanidine groups is 1. The van der Waals surface area contributed by atoms with Crippen LogP contribution in [0.3, 0.4) is 0 Å². The van der Waals surface area contributed by atoms with Crippen molar-refractivity contribution in [3.63, 3.8) is 0 Å². The largest absolute Gasteiger partial charge is 0.357 e. The highest BCUT2D eigenvalue weighted by molar-refractivity contribution is 14.0. The molecule has 0 spiro atoms. The molecule has 2 aliphatic rings. The van der Waals surface area contributed by atoms with E-state index in [1.165, 1.54) is 11.1 Å². The summed E-state index contributed by atoms with van der Waals surface area (Å²) in [4.78, 5) is 34.7. The smallest absolute Gasteiger partial charge is 0.223 e. The van der Waals surface area contributed by atoms with Crippen molar-refractivity contribution in [2.75, 3.05) is 39.3 Å². The Labute approximate surface area is 190 Å². The highest BCUT2D eigenvalue weighted by atomic mass is 127. The van der Waals surface area contributed by atoms with E-state index in [0.29, 0.717) is 13.0 Å². The van der Waals surface area contributed by atoms with Gasteiger partial charge in [0.25, 0.3) is 0 Å². The van der Waals surface area contributed by atoms with E-state index in [2.05, 4.69) is 29.3 Å². The number of hydrogen-bond donors (Lipinski definition) is 1. The molecule has 0 aromatic heterocycles. The van der Waals surface area contributed by atoms with E-state index in [1.807, 2.05) is 21.9 Å². The number of nitrogens with one attached hydrogen (secondary N) is 1. The second-order valence-corrected chi connectivity index (χ2v) is 7.35. The summed E-state index contributed by atoms with van der Waals surface area (Å²) in [5, 5.41) is 3.33. The fraction of sp³-hybridized carbons (Fsp3) is 0.571. The van der Waals surface area contributed by atoms with Crippen molar-refractivity contribution in [2.24, 2.45) is 4.99 Å². The van der Waals surface area contributed by atoms with Crippen molar-refractivity contribution >= 4 is 41.8 Å². The Balaban J connectivity index is 0.00000300. The first-order chi connectivity index (χ1) is 13.6. The van der Waals surface area contributed by atoms with E-state index >= 15 is 0 Å². The normalized spacial score (nSPS) is 16.3. The number of amides is 2. The number of nitrogens with zero attached hydrogens (tertiary/aromatic N) is 4. The quantitative estimate of drug-likeness (QED) is 0.283. The van der Waals surface area contributed by atoms with Crippen LogP contribution in [0.5, 0.6) is 0 Å². The molecule has 160 valence electrons. The molecule has 3 rings (SSSR count). The number of carbonyl (C=O) groups is 2.